The number of rotatable bonds is 15. The summed E-state index contributed by atoms with van der Waals surface area (Å²) in [7, 11) is 1.61. The maximum absolute atomic E-state index is 10.2. The molecule has 0 aromatic rings. The van der Waals surface area contributed by atoms with Gasteiger partial charge in [0.1, 0.15) is 0 Å². The smallest absolute Gasteiger partial charge is 0.303 e. The molecule has 0 radical (unpaired) electrons. The summed E-state index contributed by atoms with van der Waals surface area (Å²) in [6.45, 7) is 3.88. The van der Waals surface area contributed by atoms with Gasteiger partial charge in [0.15, 0.2) is 0 Å². The first-order valence-electron chi connectivity index (χ1n) is 8.58. The molecule has 5 heteroatoms. The van der Waals surface area contributed by atoms with Crippen LogP contribution in [0.2, 0.25) is 0 Å². The van der Waals surface area contributed by atoms with Crippen LogP contribution in [0.3, 0.4) is 0 Å². The van der Waals surface area contributed by atoms with E-state index >= 15 is 0 Å². The number of methoxy groups -OCH3 is 1. The lowest BCUT2D eigenvalue weighted by atomic mass is 10.1. The summed E-state index contributed by atoms with van der Waals surface area (Å²) in [6.07, 6.45) is 11.5. The lowest BCUT2D eigenvalue weighted by Crippen LogP contribution is -2.05. The lowest BCUT2D eigenvalue weighted by molar-refractivity contribution is -0.137. The minimum atomic E-state index is -0.659. The molecule has 0 spiro atoms. The normalized spacial score (nSPS) is 10.1. The highest BCUT2D eigenvalue weighted by Crippen LogP contribution is 2.10. The number of aliphatic carboxylic acids is 1. The third kappa shape index (κ3) is 27.7. The van der Waals surface area contributed by atoms with Crippen molar-refractivity contribution in [3.05, 3.63) is 0 Å². The Morgan fingerprint density at radius 2 is 1.41 bits per heavy atom. The largest absolute Gasteiger partial charge is 0.481 e. The summed E-state index contributed by atoms with van der Waals surface area (Å²) in [5.41, 5.74) is 0. The van der Waals surface area contributed by atoms with E-state index in [1.807, 2.05) is 0 Å². The van der Waals surface area contributed by atoms with Crippen LogP contribution < -0.4 is 0 Å². The third-order valence-corrected chi connectivity index (χ3v) is 3.16. The van der Waals surface area contributed by atoms with E-state index in [2.05, 4.69) is 11.7 Å². The molecule has 0 saturated heterocycles. The van der Waals surface area contributed by atoms with E-state index in [0.717, 1.165) is 12.8 Å². The van der Waals surface area contributed by atoms with Crippen LogP contribution >= 0.6 is 0 Å². The van der Waals surface area contributed by atoms with Crippen LogP contribution in [-0.2, 0) is 14.3 Å². The second-order valence-electron chi connectivity index (χ2n) is 5.30. The average molecular weight is 320 g/mol. The van der Waals surface area contributed by atoms with Gasteiger partial charge < -0.3 is 19.7 Å². The van der Waals surface area contributed by atoms with Crippen LogP contribution in [0.4, 0.5) is 0 Å². The molecule has 2 N–H and O–H groups in total. The summed E-state index contributed by atoms with van der Waals surface area (Å²) in [5, 5.41) is 16.6. The van der Waals surface area contributed by atoms with Crippen molar-refractivity contribution in [3.63, 3.8) is 0 Å². The highest BCUT2D eigenvalue weighted by Gasteiger charge is 1.96. The van der Waals surface area contributed by atoms with Gasteiger partial charge >= 0.3 is 5.97 Å². The predicted molar refractivity (Wildman–Crippen MR) is 89.3 cm³/mol. The second-order valence-corrected chi connectivity index (χ2v) is 5.30. The van der Waals surface area contributed by atoms with Gasteiger partial charge in [0, 0.05) is 13.5 Å². The van der Waals surface area contributed by atoms with Gasteiger partial charge in [-0.15, -0.1) is 0 Å². The SMILES string of the molecule is CCCCCCCCCCCC(=O)O.COCCOCCO. The van der Waals surface area contributed by atoms with Crippen LogP contribution in [0.1, 0.15) is 71.1 Å². The van der Waals surface area contributed by atoms with E-state index in [9.17, 15) is 4.79 Å². The molecule has 0 aromatic heterocycles. The molecule has 0 unspecified atom stereocenters. The predicted octanol–water partition coefficient (Wildman–Crippen LogP) is 3.63. The van der Waals surface area contributed by atoms with Gasteiger partial charge in [-0.3, -0.25) is 4.79 Å². The molecule has 0 aliphatic rings. The summed E-state index contributed by atoms with van der Waals surface area (Å²) >= 11 is 0. The fourth-order valence-electron chi connectivity index (χ4n) is 1.90. The molecule has 0 aromatic carbocycles. The van der Waals surface area contributed by atoms with Crippen molar-refractivity contribution in [2.24, 2.45) is 0 Å². The Morgan fingerprint density at radius 3 is 1.86 bits per heavy atom. The zero-order chi connectivity index (χ0) is 16.9. The van der Waals surface area contributed by atoms with Gasteiger partial charge in [0.2, 0.25) is 0 Å². The van der Waals surface area contributed by atoms with Gasteiger partial charge in [-0.1, -0.05) is 58.3 Å². The van der Waals surface area contributed by atoms with E-state index < -0.39 is 5.97 Å². The highest BCUT2D eigenvalue weighted by molar-refractivity contribution is 5.66. The Hall–Kier alpha value is -0.650. The van der Waals surface area contributed by atoms with Crippen LogP contribution in [0.25, 0.3) is 0 Å². The zero-order valence-electron chi connectivity index (χ0n) is 14.5. The number of carbonyl (C=O) groups is 1. The van der Waals surface area contributed by atoms with Gasteiger partial charge in [-0.2, -0.15) is 0 Å². The molecule has 0 saturated carbocycles. The van der Waals surface area contributed by atoms with Crippen molar-refractivity contribution in [2.45, 2.75) is 71.1 Å². The van der Waals surface area contributed by atoms with E-state index in [1.165, 1.54) is 44.9 Å². The molecule has 5 nitrogen and oxygen atoms in total. The molecule has 0 heterocycles. The molecular weight excluding hydrogens is 284 g/mol. The first-order chi connectivity index (χ1) is 10.7. The van der Waals surface area contributed by atoms with Gasteiger partial charge in [-0.25, -0.2) is 0 Å². The van der Waals surface area contributed by atoms with Gasteiger partial charge in [0.05, 0.1) is 26.4 Å². The lowest BCUT2D eigenvalue weighted by Gasteiger charge is -2.00. The second kappa shape index (κ2) is 22.6. The Kier molecular flexibility index (Phi) is 24.3. The van der Waals surface area contributed by atoms with Crippen molar-refractivity contribution in [1.29, 1.82) is 0 Å². The van der Waals surface area contributed by atoms with E-state index in [1.54, 1.807) is 7.11 Å². The molecule has 0 aliphatic carbocycles. The molecule has 22 heavy (non-hydrogen) atoms. The van der Waals surface area contributed by atoms with Crippen LogP contribution in [0, 0.1) is 0 Å². The quantitative estimate of drug-likeness (QED) is 0.451. The highest BCUT2D eigenvalue weighted by atomic mass is 16.5. The van der Waals surface area contributed by atoms with E-state index in [0.29, 0.717) is 26.2 Å². The molecule has 0 aliphatic heterocycles. The minimum Gasteiger partial charge on any atom is -0.481 e. The standard InChI is InChI=1S/C12H24O2.C5H12O3/c1-2-3-4-5-6-7-8-9-10-11-12(13)14;1-7-4-5-8-3-2-6/h2-11H2,1H3,(H,13,14);6H,2-5H2,1H3. The van der Waals surface area contributed by atoms with Crippen LogP contribution in [0.15, 0.2) is 0 Å². The molecular formula is C17H36O5. The van der Waals surface area contributed by atoms with Crippen LogP contribution in [0.5, 0.6) is 0 Å². The van der Waals surface area contributed by atoms with Crippen molar-refractivity contribution >= 4 is 5.97 Å². The maximum atomic E-state index is 10.2. The first kappa shape index (κ1) is 23.6. The summed E-state index contributed by atoms with van der Waals surface area (Å²) in [6, 6.07) is 0. The van der Waals surface area contributed by atoms with Gasteiger partial charge in [-0.05, 0) is 6.42 Å². The molecule has 134 valence electrons. The average Bonchev–Trinajstić information content (AvgIpc) is 2.50. The number of aliphatic hydroxyl groups is 1. The monoisotopic (exact) mass is 320 g/mol. The van der Waals surface area contributed by atoms with Gasteiger partial charge in [0.25, 0.3) is 0 Å². The number of carboxylic acids is 1. The van der Waals surface area contributed by atoms with E-state index in [-0.39, 0.29) is 6.61 Å². The third-order valence-electron chi connectivity index (χ3n) is 3.16. The molecule has 0 fully saturated rings. The fraction of sp³-hybridized carbons (Fsp3) is 0.941. The molecule has 0 amide bonds. The Bertz CT molecular complexity index is 203. The molecule has 0 atom stereocenters. The van der Waals surface area contributed by atoms with Crippen molar-refractivity contribution in [2.75, 3.05) is 33.5 Å². The maximum Gasteiger partial charge on any atom is 0.303 e. The topological polar surface area (TPSA) is 76.0 Å². The summed E-state index contributed by atoms with van der Waals surface area (Å²) in [5.74, 6) is -0.659. The molecule has 0 rings (SSSR count). The minimum absolute atomic E-state index is 0.0870. The first-order valence-corrected chi connectivity index (χ1v) is 8.58. The Labute approximate surface area is 136 Å². The fourth-order valence-corrected chi connectivity index (χ4v) is 1.90. The van der Waals surface area contributed by atoms with Crippen molar-refractivity contribution in [3.8, 4) is 0 Å². The number of ether oxygens (including phenoxy) is 2. The molecule has 0 bridgehead atoms. The number of hydrogen-bond donors (Lipinski definition) is 2. The summed E-state index contributed by atoms with van der Waals surface area (Å²) in [4.78, 5) is 10.2. The zero-order valence-corrected chi connectivity index (χ0v) is 14.5. The number of aliphatic hydroxyl groups excluding tert-OH is 1. The Morgan fingerprint density at radius 1 is 0.864 bits per heavy atom. The van der Waals surface area contributed by atoms with Crippen molar-refractivity contribution in [1.82, 2.24) is 0 Å². The van der Waals surface area contributed by atoms with Crippen molar-refractivity contribution < 1.29 is 24.5 Å². The van der Waals surface area contributed by atoms with E-state index in [4.69, 9.17) is 14.9 Å². The number of unbranched alkanes of at least 4 members (excludes halogenated alkanes) is 8. The van der Waals surface area contributed by atoms with Crippen LogP contribution in [-0.4, -0.2) is 49.7 Å². The Balaban J connectivity index is 0. The number of hydrogen-bond acceptors (Lipinski definition) is 4. The number of carboxylic acid groups (broad SMARTS) is 1. The summed E-state index contributed by atoms with van der Waals surface area (Å²) < 4.78 is 9.53.